The molecule has 4 N–H and O–H groups in total. The van der Waals surface area contributed by atoms with Crippen LogP contribution < -0.4 is 11.1 Å². The second kappa shape index (κ2) is 5.58. The molecule has 1 atom stereocenters. The predicted molar refractivity (Wildman–Crippen MR) is 76.5 cm³/mol. The van der Waals surface area contributed by atoms with Crippen molar-refractivity contribution >= 4 is 16.9 Å². The third-order valence-corrected chi connectivity index (χ3v) is 3.01. The minimum atomic E-state index is 0.358. The maximum atomic E-state index is 5.82. The topological polar surface area (TPSA) is 66.2 Å². The number of hydrogen-bond acceptors (Lipinski definition) is 1. The van der Waals surface area contributed by atoms with E-state index in [-0.39, 0.29) is 0 Å². The van der Waals surface area contributed by atoms with Crippen LogP contribution >= 0.6 is 0 Å². The number of aliphatic imine (C=N–C) groups is 1. The normalized spacial score (nSPS) is 13.8. The van der Waals surface area contributed by atoms with Gasteiger partial charge in [-0.15, -0.1) is 0 Å². The molecule has 0 spiro atoms. The number of para-hydroxylation sites is 1. The highest BCUT2D eigenvalue weighted by Crippen LogP contribution is 2.14. The zero-order valence-corrected chi connectivity index (χ0v) is 10.9. The van der Waals surface area contributed by atoms with E-state index in [1.807, 2.05) is 12.1 Å². The van der Waals surface area contributed by atoms with Crippen molar-refractivity contribution in [2.75, 3.05) is 0 Å². The molecule has 2 aromatic rings. The summed E-state index contributed by atoms with van der Waals surface area (Å²) in [7, 11) is 0. The summed E-state index contributed by atoms with van der Waals surface area (Å²) in [6, 6.07) is 10.7. The van der Waals surface area contributed by atoms with Crippen molar-refractivity contribution in [3.8, 4) is 0 Å². The Morgan fingerprint density at radius 1 is 1.44 bits per heavy atom. The number of nitrogens with zero attached hydrogens (tertiary/aromatic N) is 1. The van der Waals surface area contributed by atoms with Gasteiger partial charge in [-0.2, -0.15) is 0 Å². The Balaban J connectivity index is 2.03. The van der Waals surface area contributed by atoms with Crippen LogP contribution in [0.25, 0.3) is 10.9 Å². The average molecular weight is 244 g/mol. The lowest BCUT2D eigenvalue weighted by Gasteiger charge is -2.11. The van der Waals surface area contributed by atoms with Gasteiger partial charge < -0.3 is 16.0 Å². The number of aromatic nitrogens is 1. The standard InChI is InChI=1S/C14H20N4/c1-3-10(2)17-14(15)16-9-12-8-11-6-4-5-7-13(11)18-12/h4-8,10,18H,3,9H2,1-2H3,(H3,15,16,17). The largest absolute Gasteiger partial charge is 0.370 e. The van der Waals surface area contributed by atoms with E-state index in [2.05, 4.69) is 47.3 Å². The van der Waals surface area contributed by atoms with Crippen LogP contribution in [0.15, 0.2) is 35.3 Å². The molecule has 96 valence electrons. The van der Waals surface area contributed by atoms with Crippen molar-refractivity contribution in [3.05, 3.63) is 36.0 Å². The van der Waals surface area contributed by atoms with Gasteiger partial charge in [-0.3, -0.25) is 0 Å². The Hall–Kier alpha value is -1.97. The number of aromatic amines is 1. The molecule has 0 amide bonds. The minimum absolute atomic E-state index is 0.358. The van der Waals surface area contributed by atoms with Crippen LogP contribution in [-0.2, 0) is 6.54 Å². The molecule has 18 heavy (non-hydrogen) atoms. The molecular weight excluding hydrogens is 224 g/mol. The van der Waals surface area contributed by atoms with Crippen LogP contribution in [0, 0.1) is 0 Å². The summed E-state index contributed by atoms with van der Waals surface area (Å²) in [5.41, 5.74) is 8.03. The summed E-state index contributed by atoms with van der Waals surface area (Å²) in [4.78, 5) is 7.66. The average Bonchev–Trinajstić information content (AvgIpc) is 2.79. The highest BCUT2D eigenvalue weighted by Gasteiger charge is 2.01. The van der Waals surface area contributed by atoms with Crippen molar-refractivity contribution in [2.24, 2.45) is 10.7 Å². The number of benzene rings is 1. The van der Waals surface area contributed by atoms with Crippen molar-refractivity contribution in [2.45, 2.75) is 32.9 Å². The van der Waals surface area contributed by atoms with Crippen LogP contribution in [0.5, 0.6) is 0 Å². The minimum Gasteiger partial charge on any atom is -0.370 e. The van der Waals surface area contributed by atoms with Gasteiger partial charge in [0.25, 0.3) is 0 Å². The first-order chi connectivity index (χ1) is 8.69. The van der Waals surface area contributed by atoms with Gasteiger partial charge in [-0.1, -0.05) is 25.1 Å². The lowest BCUT2D eigenvalue weighted by molar-refractivity contribution is 0.636. The van der Waals surface area contributed by atoms with Crippen LogP contribution in [0.4, 0.5) is 0 Å². The molecule has 2 rings (SSSR count). The number of H-pyrrole nitrogens is 1. The molecule has 1 heterocycles. The van der Waals surface area contributed by atoms with Gasteiger partial charge in [0.1, 0.15) is 0 Å². The quantitative estimate of drug-likeness (QED) is 0.571. The van der Waals surface area contributed by atoms with E-state index in [0.29, 0.717) is 18.5 Å². The molecule has 0 aliphatic heterocycles. The zero-order valence-electron chi connectivity index (χ0n) is 10.9. The third kappa shape index (κ3) is 3.03. The van der Waals surface area contributed by atoms with Crippen molar-refractivity contribution < 1.29 is 0 Å². The number of rotatable bonds is 4. The smallest absolute Gasteiger partial charge is 0.189 e. The molecule has 0 aliphatic rings. The van der Waals surface area contributed by atoms with E-state index in [1.54, 1.807) is 0 Å². The molecular formula is C14H20N4. The summed E-state index contributed by atoms with van der Waals surface area (Å²) >= 11 is 0. The fraction of sp³-hybridized carbons (Fsp3) is 0.357. The van der Waals surface area contributed by atoms with Gasteiger partial charge >= 0.3 is 0 Å². The predicted octanol–water partition coefficient (Wildman–Crippen LogP) is 2.37. The van der Waals surface area contributed by atoms with Crippen LogP contribution in [-0.4, -0.2) is 17.0 Å². The SMILES string of the molecule is CCC(C)NC(N)=NCc1cc2ccccc2[nH]1. The van der Waals surface area contributed by atoms with Crippen molar-refractivity contribution in [1.29, 1.82) is 0 Å². The van der Waals surface area contributed by atoms with Gasteiger partial charge in [0.05, 0.1) is 6.54 Å². The van der Waals surface area contributed by atoms with Crippen molar-refractivity contribution in [1.82, 2.24) is 10.3 Å². The van der Waals surface area contributed by atoms with E-state index < -0.39 is 0 Å². The zero-order chi connectivity index (χ0) is 13.0. The molecule has 1 aromatic carbocycles. The van der Waals surface area contributed by atoms with Crippen LogP contribution in [0.3, 0.4) is 0 Å². The molecule has 0 aliphatic carbocycles. The molecule has 0 saturated heterocycles. The van der Waals surface area contributed by atoms with Gasteiger partial charge in [0.15, 0.2) is 5.96 Å². The van der Waals surface area contributed by atoms with Gasteiger partial charge in [-0.25, -0.2) is 4.99 Å². The Bertz CT molecular complexity index is 508. The fourth-order valence-electron chi connectivity index (χ4n) is 1.79. The van der Waals surface area contributed by atoms with E-state index in [4.69, 9.17) is 5.73 Å². The first-order valence-corrected chi connectivity index (χ1v) is 6.32. The Morgan fingerprint density at radius 2 is 2.22 bits per heavy atom. The van der Waals surface area contributed by atoms with E-state index in [1.165, 1.54) is 5.39 Å². The van der Waals surface area contributed by atoms with E-state index in [9.17, 15) is 0 Å². The third-order valence-electron chi connectivity index (χ3n) is 3.01. The summed E-state index contributed by atoms with van der Waals surface area (Å²) in [5.74, 6) is 0.503. The van der Waals surface area contributed by atoms with E-state index in [0.717, 1.165) is 17.6 Å². The first kappa shape index (κ1) is 12.5. The molecule has 1 aromatic heterocycles. The number of hydrogen-bond donors (Lipinski definition) is 3. The highest BCUT2D eigenvalue weighted by atomic mass is 15.1. The molecule has 0 saturated carbocycles. The summed E-state index contributed by atoms with van der Waals surface area (Å²) < 4.78 is 0. The van der Waals surface area contributed by atoms with Crippen LogP contribution in [0.1, 0.15) is 26.0 Å². The maximum absolute atomic E-state index is 5.82. The number of nitrogens with one attached hydrogen (secondary N) is 2. The lowest BCUT2D eigenvalue weighted by Crippen LogP contribution is -2.38. The van der Waals surface area contributed by atoms with Gasteiger partial charge in [0, 0.05) is 17.3 Å². The van der Waals surface area contributed by atoms with Gasteiger partial charge in [0.2, 0.25) is 0 Å². The summed E-state index contributed by atoms with van der Waals surface area (Å²) in [6.07, 6.45) is 1.03. The number of guanidine groups is 1. The van der Waals surface area contributed by atoms with E-state index >= 15 is 0 Å². The lowest BCUT2D eigenvalue weighted by atomic mass is 10.2. The second-order valence-electron chi connectivity index (χ2n) is 4.54. The Kier molecular flexibility index (Phi) is 3.87. The number of fused-ring (bicyclic) bond motifs is 1. The first-order valence-electron chi connectivity index (χ1n) is 6.32. The maximum Gasteiger partial charge on any atom is 0.189 e. The van der Waals surface area contributed by atoms with Crippen LogP contribution in [0.2, 0.25) is 0 Å². The van der Waals surface area contributed by atoms with Crippen molar-refractivity contribution in [3.63, 3.8) is 0 Å². The van der Waals surface area contributed by atoms with Gasteiger partial charge in [-0.05, 0) is 30.9 Å². The molecule has 0 bridgehead atoms. The number of nitrogens with two attached hydrogens (primary N) is 1. The second-order valence-corrected chi connectivity index (χ2v) is 4.54. The molecule has 4 nitrogen and oxygen atoms in total. The highest BCUT2D eigenvalue weighted by molar-refractivity contribution is 5.80. The Labute approximate surface area is 107 Å². The monoisotopic (exact) mass is 244 g/mol. The fourth-order valence-corrected chi connectivity index (χ4v) is 1.79. The Morgan fingerprint density at radius 3 is 2.94 bits per heavy atom. The summed E-state index contributed by atoms with van der Waals surface area (Å²) in [6.45, 7) is 4.78. The molecule has 0 radical (unpaired) electrons. The summed E-state index contributed by atoms with van der Waals surface area (Å²) in [5, 5.41) is 4.35. The molecule has 1 unspecified atom stereocenters. The molecule has 0 fully saturated rings. The molecule has 4 heteroatoms.